The minimum Gasteiger partial charge on any atom is -0.484 e. The van der Waals surface area contributed by atoms with Gasteiger partial charge in [0.15, 0.2) is 9.84 Å². The zero-order valence-corrected chi connectivity index (χ0v) is 18.2. The average Bonchev–Trinajstić information content (AvgIpc) is 2.89. The molecule has 1 aromatic rings. The van der Waals surface area contributed by atoms with Crippen molar-refractivity contribution in [1.29, 1.82) is 0 Å². The minimum absolute atomic E-state index is 0.0655. The fourth-order valence-corrected chi connectivity index (χ4v) is 6.64. The number of hydrogen-bond donors (Lipinski definition) is 1. The van der Waals surface area contributed by atoms with E-state index in [1.807, 2.05) is 19.1 Å². The maximum Gasteiger partial charge on any atom is 0.258 e. The molecule has 2 amide bonds. The standard InChI is InChI=1S/C21H28N2O6S/c1-15-3-4-17-16(11-15)19(25)23(13-21(29-17)5-8-28-9-6-21)12-18(24)22-20(2)7-10-30(26,27)14-20/h3-4,11H,5-10,12-14H2,1-2H3,(H,22,24). The van der Waals surface area contributed by atoms with Crippen molar-refractivity contribution < 1.29 is 27.5 Å². The fourth-order valence-electron chi connectivity index (χ4n) is 4.55. The molecule has 2 fully saturated rings. The van der Waals surface area contributed by atoms with Gasteiger partial charge in [0, 0.05) is 12.8 Å². The van der Waals surface area contributed by atoms with E-state index >= 15 is 0 Å². The number of amides is 2. The summed E-state index contributed by atoms with van der Waals surface area (Å²) in [6, 6.07) is 5.50. The van der Waals surface area contributed by atoms with Crippen LogP contribution in [0.3, 0.4) is 0 Å². The van der Waals surface area contributed by atoms with Crippen molar-refractivity contribution >= 4 is 21.7 Å². The molecule has 0 aliphatic carbocycles. The minimum atomic E-state index is -3.15. The molecule has 3 heterocycles. The van der Waals surface area contributed by atoms with Gasteiger partial charge in [0.25, 0.3) is 5.91 Å². The van der Waals surface area contributed by atoms with E-state index in [1.165, 1.54) is 4.90 Å². The predicted octanol–water partition coefficient (Wildman–Crippen LogP) is 1.07. The number of rotatable bonds is 3. The lowest BCUT2D eigenvalue weighted by Crippen LogP contribution is -2.55. The summed E-state index contributed by atoms with van der Waals surface area (Å²) in [4.78, 5) is 27.7. The van der Waals surface area contributed by atoms with Crippen molar-refractivity contribution in [2.75, 3.05) is 37.8 Å². The molecule has 2 saturated heterocycles. The van der Waals surface area contributed by atoms with E-state index in [2.05, 4.69) is 5.32 Å². The topological polar surface area (TPSA) is 102 Å². The van der Waals surface area contributed by atoms with Crippen LogP contribution in [0.5, 0.6) is 5.75 Å². The lowest BCUT2D eigenvalue weighted by Gasteiger charge is -2.39. The van der Waals surface area contributed by atoms with Crippen molar-refractivity contribution in [2.45, 2.75) is 44.2 Å². The Kier molecular flexibility index (Phi) is 5.30. The second-order valence-corrected chi connectivity index (χ2v) is 11.2. The van der Waals surface area contributed by atoms with E-state index in [-0.39, 0.29) is 36.4 Å². The molecule has 0 radical (unpaired) electrons. The Labute approximate surface area is 176 Å². The molecule has 0 bridgehead atoms. The number of nitrogens with one attached hydrogen (secondary N) is 1. The van der Waals surface area contributed by atoms with Crippen LogP contribution in [0.15, 0.2) is 18.2 Å². The number of aryl methyl sites for hydroxylation is 1. The summed E-state index contributed by atoms with van der Waals surface area (Å²) >= 11 is 0. The van der Waals surface area contributed by atoms with E-state index in [9.17, 15) is 18.0 Å². The molecular weight excluding hydrogens is 408 g/mol. The number of hydrogen-bond acceptors (Lipinski definition) is 6. The summed E-state index contributed by atoms with van der Waals surface area (Å²) in [5.74, 6) is -0.0933. The Balaban J connectivity index is 1.58. The number of carbonyl (C=O) groups excluding carboxylic acids is 2. The van der Waals surface area contributed by atoms with Crippen LogP contribution in [-0.2, 0) is 19.4 Å². The zero-order chi connectivity index (χ0) is 21.6. The highest BCUT2D eigenvalue weighted by molar-refractivity contribution is 7.91. The van der Waals surface area contributed by atoms with Gasteiger partial charge < -0.3 is 19.7 Å². The third-order valence-electron chi connectivity index (χ3n) is 6.14. The molecule has 1 atom stereocenters. The van der Waals surface area contributed by atoms with Crippen LogP contribution in [0, 0.1) is 6.92 Å². The first-order valence-electron chi connectivity index (χ1n) is 10.3. The maximum absolute atomic E-state index is 13.3. The number of carbonyl (C=O) groups is 2. The van der Waals surface area contributed by atoms with Crippen LogP contribution in [0.1, 0.15) is 42.1 Å². The molecule has 1 aromatic carbocycles. The van der Waals surface area contributed by atoms with Crippen LogP contribution in [0.4, 0.5) is 0 Å². The molecule has 0 saturated carbocycles. The van der Waals surface area contributed by atoms with Crippen molar-refractivity contribution in [2.24, 2.45) is 0 Å². The van der Waals surface area contributed by atoms with Crippen molar-refractivity contribution in [3.63, 3.8) is 0 Å². The highest BCUT2D eigenvalue weighted by atomic mass is 32.2. The van der Waals surface area contributed by atoms with E-state index in [0.717, 1.165) is 5.56 Å². The molecule has 3 aliphatic rings. The first-order valence-corrected chi connectivity index (χ1v) is 12.1. The highest BCUT2D eigenvalue weighted by Crippen LogP contribution is 2.35. The molecule has 164 valence electrons. The molecule has 4 rings (SSSR count). The van der Waals surface area contributed by atoms with Gasteiger partial charge in [-0.25, -0.2) is 8.42 Å². The number of fused-ring (bicyclic) bond motifs is 1. The molecule has 1 unspecified atom stereocenters. The van der Waals surface area contributed by atoms with Gasteiger partial charge in [-0.15, -0.1) is 0 Å². The van der Waals surface area contributed by atoms with Crippen LogP contribution in [0.25, 0.3) is 0 Å². The van der Waals surface area contributed by atoms with Crippen LogP contribution < -0.4 is 10.1 Å². The fraction of sp³-hybridized carbons (Fsp3) is 0.619. The molecule has 0 aromatic heterocycles. The zero-order valence-electron chi connectivity index (χ0n) is 17.4. The summed E-state index contributed by atoms with van der Waals surface area (Å²) < 4.78 is 35.5. The van der Waals surface area contributed by atoms with E-state index in [4.69, 9.17) is 9.47 Å². The van der Waals surface area contributed by atoms with Gasteiger partial charge in [-0.1, -0.05) is 11.6 Å². The number of ether oxygens (including phenoxy) is 2. The molecule has 1 spiro atoms. The Hall–Kier alpha value is -2.13. The third kappa shape index (κ3) is 4.32. The highest BCUT2D eigenvalue weighted by Gasteiger charge is 2.44. The Bertz CT molecular complexity index is 970. The van der Waals surface area contributed by atoms with Gasteiger partial charge in [-0.2, -0.15) is 0 Å². The summed E-state index contributed by atoms with van der Waals surface area (Å²) in [6.45, 7) is 4.85. The van der Waals surface area contributed by atoms with Gasteiger partial charge in [-0.05, 0) is 32.4 Å². The van der Waals surface area contributed by atoms with Gasteiger partial charge in [0.05, 0.1) is 42.4 Å². The first-order chi connectivity index (χ1) is 14.1. The second-order valence-electron chi connectivity index (χ2n) is 9.01. The summed E-state index contributed by atoms with van der Waals surface area (Å²) in [6.07, 6.45) is 1.63. The Morgan fingerprint density at radius 3 is 2.63 bits per heavy atom. The summed E-state index contributed by atoms with van der Waals surface area (Å²) in [5.41, 5.74) is -0.0240. The average molecular weight is 437 g/mol. The largest absolute Gasteiger partial charge is 0.484 e. The van der Waals surface area contributed by atoms with Gasteiger partial charge >= 0.3 is 0 Å². The van der Waals surface area contributed by atoms with E-state index in [0.29, 0.717) is 43.8 Å². The SMILES string of the molecule is Cc1ccc2c(c1)C(=O)N(CC(=O)NC1(C)CCS(=O)(=O)C1)CC1(CCOCC1)O2. The molecule has 8 nitrogen and oxygen atoms in total. The molecular formula is C21H28N2O6S. The van der Waals surface area contributed by atoms with Crippen LogP contribution in [-0.4, -0.2) is 74.1 Å². The van der Waals surface area contributed by atoms with Gasteiger partial charge in [-0.3, -0.25) is 9.59 Å². The lowest BCUT2D eigenvalue weighted by molar-refractivity contribution is -0.124. The second kappa shape index (κ2) is 7.53. The van der Waals surface area contributed by atoms with Crippen molar-refractivity contribution in [3.05, 3.63) is 29.3 Å². The molecule has 30 heavy (non-hydrogen) atoms. The van der Waals surface area contributed by atoms with Crippen molar-refractivity contribution in [1.82, 2.24) is 10.2 Å². The number of benzene rings is 1. The normalized spacial score (nSPS) is 27.3. The lowest BCUT2D eigenvalue weighted by atomic mass is 9.93. The first kappa shape index (κ1) is 21.1. The van der Waals surface area contributed by atoms with Gasteiger partial charge in [0.2, 0.25) is 5.91 Å². The Morgan fingerprint density at radius 1 is 1.23 bits per heavy atom. The number of nitrogens with zero attached hydrogens (tertiary/aromatic N) is 1. The smallest absolute Gasteiger partial charge is 0.258 e. The van der Waals surface area contributed by atoms with E-state index in [1.54, 1.807) is 13.0 Å². The number of sulfone groups is 1. The predicted molar refractivity (Wildman–Crippen MR) is 110 cm³/mol. The molecule has 9 heteroatoms. The van der Waals surface area contributed by atoms with Crippen LogP contribution >= 0.6 is 0 Å². The van der Waals surface area contributed by atoms with Crippen molar-refractivity contribution in [3.8, 4) is 5.75 Å². The quantitative estimate of drug-likeness (QED) is 0.761. The summed E-state index contributed by atoms with van der Waals surface area (Å²) in [7, 11) is -3.15. The molecule has 3 aliphatic heterocycles. The van der Waals surface area contributed by atoms with E-state index < -0.39 is 21.0 Å². The van der Waals surface area contributed by atoms with Gasteiger partial charge in [0.1, 0.15) is 17.9 Å². The van der Waals surface area contributed by atoms with Crippen LogP contribution in [0.2, 0.25) is 0 Å². The summed E-state index contributed by atoms with van der Waals surface area (Å²) in [5, 5.41) is 2.85. The monoisotopic (exact) mass is 436 g/mol. The molecule has 1 N–H and O–H groups in total. The Morgan fingerprint density at radius 2 is 1.97 bits per heavy atom. The maximum atomic E-state index is 13.3. The third-order valence-corrected chi connectivity index (χ3v) is 8.04.